The van der Waals surface area contributed by atoms with Crippen LogP contribution in [-0.2, 0) is 4.74 Å². The Balaban J connectivity index is 2.39. The average Bonchev–Trinajstić information content (AvgIpc) is 2.36. The highest BCUT2D eigenvalue weighted by atomic mass is 16.6. The molecular weight excluding hydrogens is 142 g/mol. The van der Waals surface area contributed by atoms with Crippen LogP contribution in [0.3, 0.4) is 0 Å². The van der Waals surface area contributed by atoms with Crippen LogP contribution in [0.4, 0.5) is 4.79 Å². The lowest BCUT2D eigenvalue weighted by Gasteiger charge is -2.23. The van der Waals surface area contributed by atoms with Crippen molar-refractivity contribution in [2.75, 3.05) is 7.05 Å². The van der Waals surface area contributed by atoms with E-state index >= 15 is 0 Å². The molecule has 0 bridgehead atoms. The Labute approximate surface area is 67.1 Å². The molecule has 0 radical (unpaired) electrons. The highest BCUT2D eigenvalue weighted by Gasteiger charge is 2.32. The summed E-state index contributed by atoms with van der Waals surface area (Å²) < 4.78 is 5.20. The van der Waals surface area contributed by atoms with Crippen molar-refractivity contribution in [3.8, 4) is 0 Å². The van der Waals surface area contributed by atoms with Crippen molar-refractivity contribution in [1.29, 1.82) is 0 Å². The van der Waals surface area contributed by atoms with Crippen LogP contribution < -0.4 is 5.32 Å². The van der Waals surface area contributed by atoms with Crippen molar-refractivity contribution in [2.45, 2.75) is 38.2 Å². The fraction of sp³-hybridized carbons (Fsp3) is 0.875. The maximum Gasteiger partial charge on any atom is 0.407 e. The molecule has 0 aromatic carbocycles. The number of rotatable bonds is 1. The monoisotopic (exact) mass is 157 g/mol. The van der Waals surface area contributed by atoms with Crippen LogP contribution in [0.5, 0.6) is 0 Å². The minimum atomic E-state index is -0.311. The molecule has 11 heavy (non-hydrogen) atoms. The van der Waals surface area contributed by atoms with E-state index in [9.17, 15) is 4.79 Å². The minimum Gasteiger partial charge on any atom is -0.443 e. The Bertz CT molecular complexity index is 150. The molecule has 1 aliphatic rings. The van der Waals surface area contributed by atoms with Gasteiger partial charge in [-0.3, -0.25) is 0 Å². The number of amides is 1. The van der Waals surface area contributed by atoms with Gasteiger partial charge in [0.2, 0.25) is 0 Å². The molecule has 1 rings (SSSR count). The van der Waals surface area contributed by atoms with Gasteiger partial charge in [0.15, 0.2) is 0 Å². The van der Waals surface area contributed by atoms with E-state index in [2.05, 4.69) is 5.32 Å². The van der Waals surface area contributed by atoms with Crippen LogP contribution in [0.25, 0.3) is 0 Å². The Morgan fingerprint density at radius 2 is 2.00 bits per heavy atom. The van der Waals surface area contributed by atoms with Crippen LogP contribution in [-0.4, -0.2) is 18.7 Å². The summed E-state index contributed by atoms with van der Waals surface area (Å²) in [4.78, 5) is 10.8. The van der Waals surface area contributed by atoms with Gasteiger partial charge in [-0.25, -0.2) is 4.79 Å². The normalized spacial score (nSPS) is 21.3. The fourth-order valence-electron chi connectivity index (χ4n) is 1.50. The third-order valence-electron chi connectivity index (χ3n) is 2.20. The van der Waals surface area contributed by atoms with E-state index in [4.69, 9.17) is 4.74 Å². The third kappa shape index (κ3) is 2.10. The highest BCUT2D eigenvalue weighted by Crippen LogP contribution is 2.32. The second-order valence-corrected chi connectivity index (χ2v) is 3.30. The molecule has 1 aliphatic carbocycles. The summed E-state index contributed by atoms with van der Waals surface area (Å²) in [5.41, 5.74) is -0.194. The smallest absolute Gasteiger partial charge is 0.407 e. The van der Waals surface area contributed by atoms with Crippen molar-refractivity contribution in [1.82, 2.24) is 5.32 Å². The first kappa shape index (κ1) is 8.37. The third-order valence-corrected chi connectivity index (χ3v) is 2.20. The molecule has 3 heteroatoms. The van der Waals surface area contributed by atoms with Crippen molar-refractivity contribution < 1.29 is 9.53 Å². The average molecular weight is 157 g/mol. The number of hydrogen-bond acceptors (Lipinski definition) is 2. The van der Waals surface area contributed by atoms with Crippen molar-refractivity contribution in [3.63, 3.8) is 0 Å². The standard InChI is InChI=1S/C8H15NO2/c1-8(5-3-4-6-8)11-7(10)9-2/h3-6H2,1-2H3,(H,9,10). The summed E-state index contributed by atoms with van der Waals surface area (Å²) in [6.45, 7) is 2.00. The zero-order valence-corrected chi connectivity index (χ0v) is 7.14. The zero-order valence-electron chi connectivity index (χ0n) is 7.14. The van der Waals surface area contributed by atoms with Crippen molar-refractivity contribution in [2.24, 2.45) is 0 Å². The van der Waals surface area contributed by atoms with Gasteiger partial charge in [0.1, 0.15) is 5.60 Å². The molecule has 0 aromatic heterocycles. The Morgan fingerprint density at radius 1 is 1.45 bits per heavy atom. The van der Waals surface area contributed by atoms with E-state index in [-0.39, 0.29) is 11.7 Å². The highest BCUT2D eigenvalue weighted by molar-refractivity contribution is 5.67. The maximum absolute atomic E-state index is 10.8. The fourth-order valence-corrected chi connectivity index (χ4v) is 1.50. The SMILES string of the molecule is CNC(=O)OC1(C)CCCC1. The molecule has 1 N–H and O–H groups in total. The van der Waals surface area contributed by atoms with Gasteiger partial charge < -0.3 is 10.1 Å². The Hall–Kier alpha value is -0.730. The first-order chi connectivity index (χ1) is 5.16. The molecule has 0 spiro atoms. The second-order valence-electron chi connectivity index (χ2n) is 3.30. The van der Waals surface area contributed by atoms with Gasteiger partial charge in [0.25, 0.3) is 0 Å². The molecule has 0 saturated heterocycles. The van der Waals surface area contributed by atoms with Gasteiger partial charge in [-0.2, -0.15) is 0 Å². The van der Waals surface area contributed by atoms with E-state index in [1.165, 1.54) is 12.8 Å². The molecule has 1 amide bonds. The molecule has 0 atom stereocenters. The van der Waals surface area contributed by atoms with Crippen molar-refractivity contribution in [3.05, 3.63) is 0 Å². The van der Waals surface area contributed by atoms with Crippen molar-refractivity contribution >= 4 is 6.09 Å². The van der Waals surface area contributed by atoms with Crippen LogP contribution in [0.2, 0.25) is 0 Å². The largest absolute Gasteiger partial charge is 0.443 e. The summed E-state index contributed by atoms with van der Waals surface area (Å²) in [6, 6.07) is 0. The summed E-state index contributed by atoms with van der Waals surface area (Å²) in [5.74, 6) is 0. The number of carbonyl (C=O) groups excluding carboxylic acids is 1. The number of ether oxygens (including phenoxy) is 1. The van der Waals surface area contributed by atoms with Gasteiger partial charge in [-0.15, -0.1) is 0 Å². The van der Waals surface area contributed by atoms with Crippen LogP contribution in [0.1, 0.15) is 32.6 Å². The van der Waals surface area contributed by atoms with Gasteiger partial charge in [-0.1, -0.05) is 0 Å². The zero-order chi connectivity index (χ0) is 8.32. The Morgan fingerprint density at radius 3 is 2.45 bits per heavy atom. The topological polar surface area (TPSA) is 38.3 Å². The van der Waals surface area contributed by atoms with E-state index in [0.717, 1.165) is 12.8 Å². The molecule has 0 heterocycles. The minimum absolute atomic E-state index is 0.194. The van der Waals surface area contributed by atoms with E-state index in [0.29, 0.717) is 0 Å². The molecule has 1 fully saturated rings. The van der Waals surface area contributed by atoms with Crippen LogP contribution in [0, 0.1) is 0 Å². The molecule has 1 saturated carbocycles. The lowest BCUT2D eigenvalue weighted by atomic mass is 10.1. The summed E-state index contributed by atoms with van der Waals surface area (Å²) in [5, 5.41) is 2.46. The maximum atomic E-state index is 10.8. The first-order valence-electron chi connectivity index (χ1n) is 4.07. The number of hydrogen-bond donors (Lipinski definition) is 1. The van der Waals surface area contributed by atoms with E-state index < -0.39 is 0 Å². The van der Waals surface area contributed by atoms with Gasteiger partial charge in [0, 0.05) is 7.05 Å². The molecule has 0 aliphatic heterocycles. The summed E-state index contributed by atoms with van der Waals surface area (Å²) in [6.07, 6.45) is 4.04. The lowest BCUT2D eigenvalue weighted by molar-refractivity contribution is 0.0317. The lowest BCUT2D eigenvalue weighted by Crippen LogP contribution is -2.32. The van der Waals surface area contributed by atoms with Gasteiger partial charge in [-0.05, 0) is 32.6 Å². The molecule has 0 unspecified atom stereocenters. The predicted molar refractivity (Wildman–Crippen MR) is 42.4 cm³/mol. The first-order valence-corrected chi connectivity index (χ1v) is 4.07. The number of carbonyl (C=O) groups is 1. The summed E-state index contributed by atoms with van der Waals surface area (Å²) in [7, 11) is 1.58. The van der Waals surface area contributed by atoms with E-state index in [1.54, 1.807) is 7.05 Å². The quantitative estimate of drug-likeness (QED) is 0.628. The van der Waals surface area contributed by atoms with E-state index in [1.807, 2.05) is 6.92 Å². The second kappa shape index (κ2) is 3.11. The molecular formula is C8H15NO2. The predicted octanol–water partition coefficient (Wildman–Crippen LogP) is 1.68. The summed E-state index contributed by atoms with van der Waals surface area (Å²) >= 11 is 0. The van der Waals surface area contributed by atoms with Crippen LogP contribution >= 0.6 is 0 Å². The molecule has 64 valence electrons. The number of alkyl carbamates (subject to hydrolysis) is 1. The molecule has 0 aromatic rings. The van der Waals surface area contributed by atoms with Crippen LogP contribution in [0.15, 0.2) is 0 Å². The Kier molecular flexibility index (Phi) is 2.37. The van der Waals surface area contributed by atoms with Gasteiger partial charge >= 0.3 is 6.09 Å². The van der Waals surface area contributed by atoms with Gasteiger partial charge in [0.05, 0.1) is 0 Å². The number of nitrogens with one attached hydrogen (secondary N) is 1. The molecule has 3 nitrogen and oxygen atoms in total.